The standard InChI is InChI=1S/C31H39N5O2/c1-2-11-28(37)34-26-16-9-10-17-27(26)36-22-33-29(30(36)24-14-7-4-8-15-24)31(38)35-19-18-32-21-25(35)20-23-12-5-3-6-13-23/h3-8,12-15,22,25-27,32H,2,9-11,16-21H2,1H3,(H,34,37)/t25-,26-,27+/m1/s1. The van der Waals surface area contributed by atoms with Gasteiger partial charge in [0.05, 0.1) is 18.1 Å². The molecule has 2 fully saturated rings. The van der Waals surface area contributed by atoms with Crippen LogP contribution in [0.2, 0.25) is 0 Å². The molecule has 2 amide bonds. The lowest BCUT2D eigenvalue weighted by Gasteiger charge is -2.36. The number of aromatic nitrogens is 2. The van der Waals surface area contributed by atoms with Gasteiger partial charge in [-0.3, -0.25) is 9.59 Å². The molecule has 1 saturated heterocycles. The second kappa shape index (κ2) is 12.4. The van der Waals surface area contributed by atoms with Crippen LogP contribution in [0, 0.1) is 0 Å². The number of nitrogens with one attached hydrogen (secondary N) is 2. The van der Waals surface area contributed by atoms with Crippen LogP contribution >= 0.6 is 0 Å². The van der Waals surface area contributed by atoms with Gasteiger partial charge in [-0.1, -0.05) is 80.4 Å². The minimum Gasteiger partial charge on any atom is -0.351 e. The number of imidazole rings is 1. The summed E-state index contributed by atoms with van der Waals surface area (Å²) in [7, 11) is 0. The van der Waals surface area contributed by atoms with Crippen LogP contribution in [-0.4, -0.2) is 58.0 Å². The molecule has 200 valence electrons. The maximum absolute atomic E-state index is 14.2. The lowest BCUT2D eigenvalue weighted by atomic mass is 9.89. The summed E-state index contributed by atoms with van der Waals surface area (Å²) in [6.45, 7) is 4.21. The Morgan fingerprint density at radius 1 is 1.03 bits per heavy atom. The van der Waals surface area contributed by atoms with E-state index in [9.17, 15) is 9.59 Å². The monoisotopic (exact) mass is 513 g/mol. The predicted molar refractivity (Wildman–Crippen MR) is 150 cm³/mol. The zero-order chi connectivity index (χ0) is 26.3. The fraction of sp³-hybridized carbons (Fsp3) is 0.452. The Balaban J connectivity index is 1.49. The summed E-state index contributed by atoms with van der Waals surface area (Å²) in [6.07, 6.45) is 8.07. The van der Waals surface area contributed by atoms with Crippen LogP contribution in [0.25, 0.3) is 11.3 Å². The summed E-state index contributed by atoms with van der Waals surface area (Å²) < 4.78 is 2.17. The summed E-state index contributed by atoms with van der Waals surface area (Å²) in [4.78, 5) is 33.5. The molecule has 38 heavy (non-hydrogen) atoms. The van der Waals surface area contributed by atoms with Crippen LogP contribution < -0.4 is 10.6 Å². The third-order valence-electron chi connectivity index (χ3n) is 7.88. The van der Waals surface area contributed by atoms with Crippen molar-refractivity contribution in [1.29, 1.82) is 0 Å². The van der Waals surface area contributed by atoms with Crippen molar-refractivity contribution >= 4 is 11.8 Å². The molecule has 0 bridgehead atoms. The molecule has 1 aromatic heterocycles. The average molecular weight is 514 g/mol. The summed E-state index contributed by atoms with van der Waals surface area (Å²) in [5, 5.41) is 6.76. The Bertz CT molecular complexity index is 1210. The molecular formula is C31H39N5O2. The molecule has 2 N–H and O–H groups in total. The van der Waals surface area contributed by atoms with Crippen LogP contribution in [0.5, 0.6) is 0 Å². The van der Waals surface area contributed by atoms with Gasteiger partial charge in [-0.2, -0.15) is 0 Å². The first-order valence-corrected chi connectivity index (χ1v) is 14.1. The molecule has 0 unspecified atom stereocenters. The van der Waals surface area contributed by atoms with Gasteiger partial charge in [0.15, 0.2) is 5.69 Å². The molecular weight excluding hydrogens is 474 g/mol. The van der Waals surface area contributed by atoms with Crippen molar-refractivity contribution in [1.82, 2.24) is 25.1 Å². The number of hydrogen-bond donors (Lipinski definition) is 2. The Morgan fingerprint density at radius 3 is 2.53 bits per heavy atom. The molecule has 1 aliphatic heterocycles. The molecule has 2 aromatic carbocycles. The minimum absolute atomic E-state index is 0.0209. The van der Waals surface area contributed by atoms with Crippen LogP contribution in [0.15, 0.2) is 67.0 Å². The lowest BCUT2D eigenvalue weighted by Crippen LogP contribution is -2.54. The Hall–Kier alpha value is -3.45. The highest BCUT2D eigenvalue weighted by molar-refractivity contribution is 5.98. The first kappa shape index (κ1) is 26.2. The van der Waals surface area contributed by atoms with E-state index in [0.29, 0.717) is 18.7 Å². The molecule has 2 aliphatic rings. The number of carbonyl (C=O) groups excluding carboxylic acids is 2. The number of piperazine rings is 1. The van der Waals surface area contributed by atoms with Crippen molar-refractivity contribution in [3.8, 4) is 11.3 Å². The van der Waals surface area contributed by atoms with Gasteiger partial charge < -0.3 is 20.1 Å². The summed E-state index contributed by atoms with van der Waals surface area (Å²) >= 11 is 0. The van der Waals surface area contributed by atoms with Crippen molar-refractivity contribution in [2.45, 2.75) is 70.0 Å². The van der Waals surface area contributed by atoms with Crippen molar-refractivity contribution in [3.05, 3.63) is 78.2 Å². The van der Waals surface area contributed by atoms with Crippen molar-refractivity contribution in [2.24, 2.45) is 0 Å². The first-order valence-electron chi connectivity index (χ1n) is 14.1. The van der Waals surface area contributed by atoms with E-state index < -0.39 is 0 Å². The van der Waals surface area contributed by atoms with Gasteiger partial charge in [-0.15, -0.1) is 0 Å². The zero-order valence-electron chi connectivity index (χ0n) is 22.3. The third kappa shape index (κ3) is 5.83. The quantitative estimate of drug-likeness (QED) is 0.461. The molecule has 3 atom stereocenters. The fourth-order valence-corrected chi connectivity index (χ4v) is 6.00. The smallest absolute Gasteiger partial charge is 0.275 e. The minimum atomic E-state index is -0.0209. The Kier molecular flexibility index (Phi) is 8.54. The van der Waals surface area contributed by atoms with E-state index in [-0.39, 0.29) is 29.9 Å². The van der Waals surface area contributed by atoms with Crippen molar-refractivity contribution in [2.75, 3.05) is 19.6 Å². The zero-order valence-corrected chi connectivity index (χ0v) is 22.3. The predicted octanol–water partition coefficient (Wildman–Crippen LogP) is 4.61. The van der Waals surface area contributed by atoms with Gasteiger partial charge >= 0.3 is 0 Å². The Labute approximate surface area is 225 Å². The van der Waals surface area contributed by atoms with E-state index in [4.69, 9.17) is 4.98 Å². The molecule has 5 rings (SSSR count). The van der Waals surface area contributed by atoms with E-state index in [1.807, 2.05) is 54.5 Å². The number of carbonyl (C=O) groups is 2. The van der Waals surface area contributed by atoms with E-state index in [1.165, 1.54) is 5.56 Å². The van der Waals surface area contributed by atoms with Gasteiger partial charge in [0.1, 0.15) is 0 Å². The van der Waals surface area contributed by atoms with Crippen LogP contribution in [0.1, 0.15) is 67.5 Å². The number of rotatable bonds is 8. The molecule has 1 aliphatic carbocycles. The first-order chi connectivity index (χ1) is 18.7. The highest BCUT2D eigenvalue weighted by Gasteiger charge is 2.35. The highest BCUT2D eigenvalue weighted by atomic mass is 16.2. The normalized spacial score (nSPS) is 21.7. The van der Waals surface area contributed by atoms with Crippen molar-refractivity contribution in [3.63, 3.8) is 0 Å². The van der Waals surface area contributed by atoms with Gasteiger partial charge in [0, 0.05) is 43.7 Å². The summed E-state index contributed by atoms with van der Waals surface area (Å²) in [5.41, 5.74) is 3.56. The molecule has 1 saturated carbocycles. The van der Waals surface area contributed by atoms with Crippen molar-refractivity contribution < 1.29 is 9.59 Å². The van der Waals surface area contributed by atoms with Crippen LogP contribution in [0.4, 0.5) is 0 Å². The van der Waals surface area contributed by atoms with Gasteiger partial charge in [-0.25, -0.2) is 4.98 Å². The summed E-state index contributed by atoms with van der Waals surface area (Å²) in [6, 6.07) is 20.6. The largest absolute Gasteiger partial charge is 0.351 e. The van der Waals surface area contributed by atoms with Crippen LogP contribution in [-0.2, 0) is 11.2 Å². The van der Waals surface area contributed by atoms with Crippen LogP contribution in [0.3, 0.4) is 0 Å². The van der Waals surface area contributed by atoms with E-state index in [2.05, 4.69) is 39.5 Å². The third-order valence-corrected chi connectivity index (χ3v) is 7.88. The number of hydrogen-bond acceptors (Lipinski definition) is 4. The summed E-state index contributed by atoms with van der Waals surface area (Å²) in [5.74, 6) is 0.0825. The second-order valence-electron chi connectivity index (χ2n) is 10.5. The van der Waals surface area contributed by atoms with Gasteiger partial charge in [0.2, 0.25) is 5.91 Å². The van der Waals surface area contributed by atoms with E-state index in [1.54, 1.807) is 0 Å². The maximum Gasteiger partial charge on any atom is 0.275 e. The molecule has 2 heterocycles. The molecule has 0 radical (unpaired) electrons. The molecule has 0 spiro atoms. The van der Waals surface area contributed by atoms with Gasteiger partial charge in [0.25, 0.3) is 5.91 Å². The molecule has 3 aromatic rings. The maximum atomic E-state index is 14.2. The lowest BCUT2D eigenvalue weighted by molar-refractivity contribution is -0.122. The molecule has 7 nitrogen and oxygen atoms in total. The second-order valence-corrected chi connectivity index (χ2v) is 10.5. The van der Waals surface area contributed by atoms with E-state index >= 15 is 0 Å². The number of benzene rings is 2. The topological polar surface area (TPSA) is 79.3 Å². The number of amides is 2. The fourth-order valence-electron chi connectivity index (χ4n) is 6.00. The SMILES string of the molecule is CCCC(=O)N[C@@H]1CCCC[C@@H]1n1cnc(C(=O)N2CCNC[C@H]2Cc2ccccc2)c1-c1ccccc1. The highest BCUT2D eigenvalue weighted by Crippen LogP contribution is 2.35. The average Bonchev–Trinajstić information content (AvgIpc) is 3.39. The molecule has 7 heteroatoms. The Morgan fingerprint density at radius 2 is 1.76 bits per heavy atom. The van der Waals surface area contributed by atoms with E-state index in [0.717, 1.165) is 62.9 Å². The number of nitrogens with zero attached hydrogens (tertiary/aromatic N) is 3. The van der Waals surface area contributed by atoms with Gasteiger partial charge in [-0.05, 0) is 31.2 Å².